The van der Waals surface area contributed by atoms with Gasteiger partial charge in [0.05, 0.1) is 17.8 Å². The lowest BCUT2D eigenvalue weighted by atomic mass is 10.2. The molecular formula is C13H12N4O4. The molecule has 0 bridgehead atoms. The maximum absolute atomic E-state index is 12.0. The van der Waals surface area contributed by atoms with E-state index < -0.39 is 0 Å². The number of anilines is 2. The third-order valence-electron chi connectivity index (χ3n) is 2.80. The van der Waals surface area contributed by atoms with Crippen LogP contribution in [-0.2, 0) is 16.0 Å². The van der Waals surface area contributed by atoms with Gasteiger partial charge in [-0.15, -0.1) is 0 Å². The van der Waals surface area contributed by atoms with E-state index in [1.807, 2.05) is 0 Å². The number of para-hydroxylation sites is 1. The first-order valence-corrected chi connectivity index (χ1v) is 6.26. The van der Waals surface area contributed by atoms with Crippen LogP contribution in [0.2, 0.25) is 0 Å². The lowest BCUT2D eigenvalue weighted by Gasteiger charge is -2.20. The minimum absolute atomic E-state index is 0.00658. The number of amides is 2. The minimum atomic E-state index is -0.301. The van der Waals surface area contributed by atoms with E-state index in [2.05, 4.69) is 20.8 Å². The number of ether oxygens (including phenoxy) is 1. The van der Waals surface area contributed by atoms with Crippen molar-refractivity contribution < 1.29 is 18.8 Å². The van der Waals surface area contributed by atoms with E-state index in [0.29, 0.717) is 28.8 Å². The van der Waals surface area contributed by atoms with Crippen molar-refractivity contribution in [3.05, 3.63) is 29.9 Å². The van der Waals surface area contributed by atoms with Crippen LogP contribution in [0, 0.1) is 6.92 Å². The number of rotatable bonds is 3. The smallest absolute Gasteiger partial charge is 0.262 e. The van der Waals surface area contributed by atoms with Crippen LogP contribution in [0.25, 0.3) is 0 Å². The standard InChI is InChI=1S/C13H12N4O4/c1-7-14-10(17-21-7)5-11(18)15-8-3-2-4-9-13(8)20-6-12(19)16-9/h2-4H,5-6H2,1H3,(H,15,18)(H,16,19). The van der Waals surface area contributed by atoms with Gasteiger partial charge >= 0.3 is 0 Å². The second-order valence-corrected chi connectivity index (χ2v) is 4.47. The molecule has 0 radical (unpaired) electrons. The Hall–Kier alpha value is -2.90. The number of carbonyl (C=O) groups excluding carboxylic acids is 2. The molecule has 1 aromatic carbocycles. The number of carbonyl (C=O) groups is 2. The Morgan fingerprint density at radius 2 is 2.33 bits per heavy atom. The van der Waals surface area contributed by atoms with E-state index in [0.717, 1.165) is 0 Å². The summed E-state index contributed by atoms with van der Waals surface area (Å²) in [6, 6.07) is 5.10. The molecule has 2 amide bonds. The average Bonchev–Trinajstić information content (AvgIpc) is 2.83. The highest BCUT2D eigenvalue weighted by Crippen LogP contribution is 2.35. The summed E-state index contributed by atoms with van der Waals surface area (Å²) in [5.74, 6) is 0.623. The van der Waals surface area contributed by atoms with Gasteiger partial charge in [0.1, 0.15) is 0 Å². The summed E-state index contributed by atoms with van der Waals surface area (Å²) in [5.41, 5.74) is 1.01. The van der Waals surface area contributed by atoms with E-state index in [-0.39, 0.29) is 24.8 Å². The summed E-state index contributed by atoms with van der Waals surface area (Å²) in [5, 5.41) is 9.04. The van der Waals surface area contributed by atoms with E-state index in [9.17, 15) is 9.59 Å². The zero-order valence-corrected chi connectivity index (χ0v) is 11.2. The van der Waals surface area contributed by atoms with Crippen molar-refractivity contribution in [2.75, 3.05) is 17.2 Å². The molecule has 0 saturated heterocycles. The molecule has 0 unspecified atom stereocenters. The maximum Gasteiger partial charge on any atom is 0.262 e. The van der Waals surface area contributed by atoms with Gasteiger partial charge < -0.3 is 19.9 Å². The predicted molar refractivity (Wildman–Crippen MR) is 71.9 cm³/mol. The summed E-state index contributed by atoms with van der Waals surface area (Å²) < 4.78 is 10.2. The molecule has 1 aliphatic heterocycles. The third-order valence-corrected chi connectivity index (χ3v) is 2.80. The number of fused-ring (bicyclic) bond motifs is 1. The van der Waals surface area contributed by atoms with Crippen LogP contribution >= 0.6 is 0 Å². The molecule has 1 aromatic heterocycles. The Labute approximate surface area is 119 Å². The number of nitrogens with one attached hydrogen (secondary N) is 2. The molecule has 2 aromatic rings. The SMILES string of the molecule is Cc1nc(CC(=O)Nc2cccc3c2OCC(=O)N3)no1. The Kier molecular flexibility index (Phi) is 3.27. The van der Waals surface area contributed by atoms with E-state index >= 15 is 0 Å². The van der Waals surface area contributed by atoms with Crippen LogP contribution in [0.4, 0.5) is 11.4 Å². The van der Waals surface area contributed by atoms with Crippen LogP contribution in [0.3, 0.4) is 0 Å². The van der Waals surface area contributed by atoms with Crippen molar-refractivity contribution in [2.45, 2.75) is 13.3 Å². The van der Waals surface area contributed by atoms with E-state index in [4.69, 9.17) is 9.26 Å². The molecule has 8 nitrogen and oxygen atoms in total. The molecule has 3 rings (SSSR count). The molecular weight excluding hydrogens is 276 g/mol. The quantitative estimate of drug-likeness (QED) is 0.868. The molecule has 0 fully saturated rings. The van der Waals surface area contributed by atoms with Gasteiger partial charge in [0.25, 0.3) is 5.91 Å². The van der Waals surface area contributed by atoms with Crippen molar-refractivity contribution in [1.82, 2.24) is 10.1 Å². The number of aryl methyl sites for hydroxylation is 1. The second-order valence-electron chi connectivity index (χ2n) is 4.47. The molecule has 1 aliphatic rings. The van der Waals surface area contributed by atoms with Gasteiger partial charge in [-0.1, -0.05) is 11.2 Å². The number of hydrogen-bond donors (Lipinski definition) is 2. The summed E-state index contributed by atoms with van der Waals surface area (Å²) >= 11 is 0. The van der Waals surface area contributed by atoms with Gasteiger partial charge in [-0.25, -0.2) is 0 Å². The summed E-state index contributed by atoms with van der Waals surface area (Å²) in [6.45, 7) is 1.57. The highest BCUT2D eigenvalue weighted by Gasteiger charge is 2.20. The van der Waals surface area contributed by atoms with Gasteiger partial charge in [-0.2, -0.15) is 4.98 Å². The number of hydrogen-bond acceptors (Lipinski definition) is 6. The Balaban J connectivity index is 1.74. The number of aromatic nitrogens is 2. The van der Waals surface area contributed by atoms with Gasteiger partial charge in [0, 0.05) is 6.92 Å². The maximum atomic E-state index is 12.0. The van der Waals surface area contributed by atoms with Crippen LogP contribution in [0.5, 0.6) is 5.75 Å². The molecule has 21 heavy (non-hydrogen) atoms. The first kappa shape index (κ1) is 13.1. The first-order chi connectivity index (χ1) is 10.1. The molecule has 2 heterocycles. The lowest BCUT2D eigenvalue weighted by molar-refractivity contribution is -0.118. The highest BCUT2D eigenvalue weighted by atomic mass is 16.5. The van der Waals surface area contributed by atoms with Gasteiger partial charge in [0.2, 0.25) is 11.8 Å². The van der Waals surface area contributed by atoms with Crippen LogP contribution < -0.4 is 15.4 Å². The highest BCUT2D eigenvalue weighted by molar-refractivity contribution is 6.00. The fourth-order valence-electron chi connectivity index (χ4n) is 1.96. The normalized spacial score (nSPS) is 13.1. The molecule has 0 saturated carbocycles. The molecule has 0 atom stereocenters. The topological polar surface area (TPSA) is 106 Å². The molecule has 2 N–H and O–H groups in total. The Bertz CT molecular complexity index is 710. The fraction of sp³-hybridized carbons (Fsp3) is 0.231. The van der Waals surface area contributed by atoms with Crippen LogP contribution in [-0.4, -0.2) is 28.6 Å². The third kappa shape index (κ3) is 2.83. The second kappa shape index (κ2) is 5.23. The largest absolute Gasteiger partial charge is 0.479 e. The van der Waals surface area contributed by atoms with Gasteiger partial charge in [-0.05, 0) is 12.1 Å². The van der Waals surface area contributed by atoms with Crippen molar-refractivity contribution in [2.24, 2.45) is 0 Å². The van der Waals surface area contributed by atoms with Crippen molar-refractivity contribution in [3.8, 4) is 5.75 Å². The van der Waals surface area contributed by atoms with Crippen LogP contribution in [0.15, 0.2) is 22.7 Å². The zero-order chi connectivity index (χ0) is 14.8. The van der Waals surface area contributed by atoms with E-state index in [1.54, 1.807) is 25.1 Å². The van der Waals surface area contributed by atoms with Crippen LogP contribution in [0.1, 0.15) is 11.7 Å². The number of nitrogens with zero attached hydrogens (tertiary/aromatic N) is 2. The van der Waals surface area contributed by atoms with Gasteiger partial charge in [-0.3, -0.25) is 9.59 Å². The predicted octanol–water partition coefficient (Wildman–Crippen LogP) is 0.890. The minimum Gasteiger partial charge on any atom is -0.479 e. The monoisotopic (exact) mass is 288 g/mol. The van der Waals surface area contributed by atoms with Crippen molar-refractivity contribution in [1.29, 1.82) is 0 Å². The zero-order valence-electron chi connectivity index (χ0n) is 11.2. The van der Waals surface area contributed by atoms with E-state index in [1.165, 1.54) is 0 Å². The molecule has 0 aliphatic carbocycles. The molecule has 8 heteroatoms. The van der Waals surface area contributed by atoms with Gasteiger partial charge in [0.15, 0.2) is 18.2 Å². The number of benzene rings is 1. The summed E-state index contributed by atoms with van der Waals surface area (Å²) in [7, 11) is 0. The first-order valence-electron chi connectivity index (χ1n) is 6.26. The lowest BCUT2D eigenvalue weighted by Crippen LogP contribution is -2.26. The average molecular weight is 288 g/mol. The molecule has 108 valence electrons. The van der Waals surface area contributed by atoms with Crippen molar-refractivity contribution >= 4 is 23.2 Å². The Morgan fingerprint density at radius 3 is 3.10 bits per heavy atom. The molecule has 0 spiro atoms. The summed E-state index contributed by atoms with van der Waals surface area (Å²) in [6.07, 6.45) is -0.00658. The summed E-state index contributed by atoms with van der Waals surface area (Å²) in [4.78, 5) is 27.2. The fourth-order valence-corrected chi connectivity index (χ4v) is 1.96. The van der Waals surface area contributed by atoms with Crippen molar-refractivity contribution in [3.63, 3.8) is 0 Å². The Morgan fingerprint density at radius 1 is 1.48 bits per heavy atom.